The number of hydrogen-bond acceptors (Lipinski definition) is 3. The van der Waals surface area contributed by atoms with Crippen molar-refractivity contribution < 1.29 is 14.6 Å². The third-order valence-corrected chi connectivity index (χ3v) is 5.97. The van der Waals surface area contributed by atoms with Crippen molar-refractivity contribution in [3.8, 4) is 0 Å². The number of aliphatic hydroxyl groups excluding tert-OH is 1. The lowest BCUT2D eigenvalue weighted by molar-refractivity contribution is -0.162. The highest BCUT2D eigenvalue weighted by Crippen LogP contribution is 2.32. The van der Waals surface area contributed by atoms with Crippen LogP contribution in [0.2, 0.25) is 0 Å². The van der Waals surface area contributed by atoms with Gasteiger partial charge in [-0.1, -0.05) is 91.0 Å². The molecule has 2 atom stereocenters. The van der Waals surface area contributed by atoms with E-state index in [4.69, 9.17) is 4.74 Å². The summed E-state index contributed by atoms with van der Waals surface area (Å²) in [5, 5.41) is 9.96. The van der Waals surface area contributed by atoms with E-state index in [0.29, 0.717) is 13.2 Å². The van der Waals surface area contributed by atoms with Gasteiger partial charge in [0.2, 0.25) is 5.91 Å². The molecule has 31 heavy (non-hydrogen) atoms. The molecule has 1 fully saturated rings. The molecule has 1 aliphatic rings. The first-order valence-corrected chi connectivity index (χ1v) is 10.9. The maximum absolute atomic E-state index is 13.5. The Morgan fingerprint density at radius 1 is 0.903 bits per heavy atom. The summed E-state index contributed by atoms with van der Waals surface area (Å²) in [4.78, 5) is 15.3. The summed E-state index contributed by atoms with van der Waals surface area (Å²) < 4.78 is 6.02. The molecule has 3 aromatic rings. The molecule has 1 saturated heterocycles. The van der Waals surface area contributed by atoms with Gasteiger partial charge in [-0.3, -0.25) is 4.79 Å². The van der Waals surface area contributed by atoms with Crippen molar-refractivity contribution in [1.82, 2.24) is 4.90 Å². The van der Waals surface area contributed by atoms with Crippen molar-refractivity contribution in [3.05, 3.63) is 108 Å². The molecule has 0 unspecified atom stereocenters. The number of aryl methyl sites for hydroxylation is 1. The third kappa shape index (κ3) is 5.04. The summed E-state index contributed by atoms with van der Waals surface area (Å²) in [5.41, 5.74) is 3.22. The molecule has 0 aliphatic carbocycles. The van der Waals surface area contributed by atoms with Crippen molar-refractivity contribution in [3.63, 3.8) is 0 Å². The van der Waals surface area contributed by atoms with Gasteiger partial charge in [-0.05, 0) is 29.5 Å². The van der Waals surface area contributed by atoms with Gasteiger partial charge in [0.15, 0.2) is 0 Å². The first-order chi connectivity index (χ1) is 15.3. The highest BCUT2D eigenvalue weighted by molar-refractivity contribution is 5.88. The average molecular weight is 416 g/mol. The van der Waals surface area contributed by atoms with Gasteiger partial charge in [-0.15, -0.1) is 0 Å². The van der Waals surface area contributed by atoms with Gasteiger partial charge in [0.1, 0.15) is 0 Å². The molecule has 1 heterocycles. The van der Waals surface area contributed by atoms with Gasteiger partial charge < -0.3 is 14.7 Å². The Labute approximate surface area is 184 Å². The monoisotopic (exact) mass is 415 g/mol. The van der Waals surface area contributed by atoms with E-state index in [1.807, 2.05) is 78.9 Å². The number of amides is 1. The molecule has 160 valence electrons. The Bertz CT molecular complexity index is 906. The minimum Gasteiger partial charge on any atom is -0.394 e. The van der Waals surface area contributed by atoms with Crippen molar-refractivity contribution in [2.45, 2.75) is 30.9 Å². The smallest absolute Gasteiger partial charge is 0.235 e. The zero-order chi connectivity index (χ0) is 21.5. The van der Waals surface area contributed by atoms with Crippen molar-refractivity contribution in [2.75, 3.05) is 19.8 Å². The van der Waals surface area contributed by atoms with E-state index >= 15 is 0 Å². The molecule has 1 aliphatic heterocycles. The van der Waals surface area contributed by atoms with Crippen LogP contribution in [0.4, 0.5) is 0 Å². The van der Waals surface area contributed by atoms with E-state index in [2.05, 4.69) is 12.1 Å². The molecular weight excluding hydrogens is 386 g/mol. The fraction of sp³-hybridized carbons (Fsp3) is 0.296. The van der Waals surface area contributed by atoms with Crippen LogP contribution in [0.25, 0.3) is 0 Å². The fourth-order valence-corrected chi connectivity index (χ4v) is 4.24. The predicted octanol–water partition coefficient (Wildman–Crippen LogP) is 4.04. The largest absolute Gasteiger partial charge is 0.394 e. The molecule has 0 bridgehead atoms. The first-order valence-electron chi connectivity index (χ1n) is 10.9. The zero-order valence-corrected chi connectivity index (χ0v) is 17.6. The van der Waals surface area contributed by atoms with E-state index in [-0.39, 0.29) is 30.6 Å². The number of carbonyl (C=O) groups excluding carboxylic acids is 1. The molecule has 4 rings (SSSR count). The van der Waals surface area contributed by atoms with Gasteiger partial charge >= 0.3 is 0 Å². The number of hydrogen-bond donors (Lipinski definition) is 1. The van der Waals surface area contributed by atoms with Gasteiger partial charge in [-0.25, -0.2) is 0 Å². The summed E-state index contributed by atoms with van der Waals surface area (Å²) in [5.74, 6) is -0.365. The molecule has 1 amide bonds. The molecule has 1 N–H and O–H groups in total. The quantitative estimate of drug-likeness (QED) is 0.537. The predicted molar refractivity (Wildman–Crippen MR) is 122 cm³/mol. The lowest BCUT2D eigenvalue weighted by Crippen LogP contribution is -2.65. The maximum Gasteiger partial charge on any atom is 0.235 e. The van der Waals surface area contributed by atoms with E-state index < -0.39 is 0 Å². The molecule has 0 saturated carbocycles. The summed E-state index contributed by atoms with van der Waals surface area (Å²) in [7, 11) is 0. The van der Waals surface area contributed by atoms with Crippen LogP contribution in [0, 0.1) is 0 Å². The van der Waals surface area contributed by atoms with Gasteiger partial charge in [0, 0.05) is 13.2 Å². The van der Waals surface area contributed by atoms with Gasteiger partial charge in [0.25, 0.3) is 0 Å². The number of benzene rings is 3. The third-order valence-electron chi connectivity index (χ3n) is 5.97. The molecule has 0 spiro atoms. The lowest BCUT2D eigenvalue weighted by atomic mass is 9.87. The summed E-state index contributed by atoms with van der Waals surface area (Å²) in [6.07, 6.45) is 1.77. The van der Waals surface area contributed by atoms with Crippen molar-refractivity contribution in [2.24, 2.45) is 0 Å². The molecule has 4 heteroatoms. The highest BCUT2D eigenvalue weighted by atomic mass is 16.5. The van der Waals surface area contributed by atoms with Crippen molar-refractivity contribution >= 4 is 5.91 Å². The van der Waals surface area contributed by atoms with E-state index in [9.17, 15) is 9.90 Å². The Balaban J connectivity index is 1.38. The second kappa shape index (κ2) is 10.4. The SMILES string of the molecule is O=C(C(c1ccccc1)c1ccccc1)N1C[C@H](OCCCc2ccccc2)[C@@H]1CO. The van der Waals surface area contributed by atoms with Crippen molar-refractivity contribution in [1.29, 1.82) is 0 Å². The molecular formula is C27H29NO3. The number of rotatable bonds is 9. The zero-order valence-electron chi connectivity index (χ0n) is 17.6. The second-order valence-electron chi connectivity index (χ2n) is 7.99. The minimum atomic E-state index is -0.379. The second-order valence-corrected chi connectivity index (χ2v) is 7.99. The Morgan fingerprint density at radius 3 is 2.00 bits per heavy atom. The van der Waals surface area contributed by atoms with Gasteiger partial charge in [0.05, 0.1) is 24.7 Å². The number of aliphatic hydroxyl groups is 1. The van der Waals surface area contributed by atoms with Gasteiger partial charge in [-0.2, -0.15) is 0 Å². The van der Waals surface area contributed by atoms with Crippen LogP contribution in [-0.2, 0) is 16.0 Å². The Hall–Kier alpha value is -2.95. The average Bonchev–Trinajstić information content (AvgIpc) is 2.80. The van der Waals surface area contributed by atoms with Crippen LogP contribution in [-0.4, -0.2) is 47.8 Å². The number of nitrogens with zero attached hydrogens (tertiary/aromatic N) is 1. The highest BCUT2D eigenvalue weighted by Gasteiger charge is 2.44. The van der Waals surface area contributed by atoms with Crippen LogP contribution in [0.3, 0.4) is 0 Å². The van der Waals surface area contributed by atoms with Crippen LogP contribution in [0.1, 0.15) is 29.0 Å². The van der Waals surface area contributed by atoms with Crippen LogP contribution >= 0.6 is 0 Å². The normalized spacial score (nSPS) is 18.1. The topological polar surface area (TPSA) is 49.8 Å². The minimum absolute atomic E-state index is 0.0144. The summed E-state index contributed by atoms with van der Waals surface area (Å²) >= 11 is 0. The maximum atomic E-state index is 13.5. The molecule has 0 radical (unpaired) electrons. The number of ether oxygens (including phenoxy) is 1. The summed E-state index contributed by atoms with van der Waals surface area (Å²) in [6, 6.07) is 29.7. The molecule has 0 aromatic heterocycles. The number of carbonyl (C=O) groups is 1. The van der Waals surface area contributed by atoms with Crippen LogP contribution in [0.15, 0.2) is 91.0 Å². The standard InChI is InChI=1S/C27H29NO3/c29-20-24-25(31-18-10-13-21-11-4-1-5-12-21)19-28(24)27(30)26(22-14-6-2-7-15-22)23-16-8-3-9-17-23/h1-9,11-12,14-17,24-26,29H,10,13,18-20H2/t24-,25-/m0/s1. The lowest BCUT2D eigenvalue weighted by Gasteiger charge is -2.48. The van der Waals surface area contributed by atoms with Crippen LogP contribution in [0.5, 0.6) is 0 Å². The van der Waals surface area contributed by atoms with E-state index in [1.165, 1.54) is 5.56 Å². The molecule has 4 nitrogen and oxygen atoms in total. The summed E-state index contributed by atoms with van der Waals surface area (Å²) in [6.45, 7) is 1.05. The first kappa shape index (κ1) is 21.3. The number of likely N-dealkylation sites (tertiary alicyclic amines) is 1. The van der Waals surface area contributed by atoms with E-state index in [0.717, 1.165) is 24.0 Å². The fourth-order valence-electron chi connectivity index (χ4n) is 4.24. The Kier molecular flexibility index (Phi) is 7.13. The molecule has 3 aromatic carbocycles. The van der Waals surface area contributed by atoms with E-state index in [1.54, 1.807) is 4.90 Å². The van der Waals surface area contributed by atoms with Crippen LogP contribution < -0.4 is 0 Å². The Morgan fingerprint density at radius 2 is 1.45 bits per heavy atom.